The fraction of sp³-hybridized carbons (Fsp3) is 0.354. The second-order valence-corrected chi connectivity index (χ2v) is 20.7. The first-order valence-corrected chi connectivity index (χ1v) is 27.2. The first kappa shape index (κ1) is 62.3. The van der Waals surface area contributed by atoms with Gasteiger partial charge < -0.3 is 67.8 Å². The third kappa shape index (κ3) is 17.2. The number of aliphatic hydroxyl groups is 2. The normalized spacial score (nSPS) is 25.9. The number of rotatable bonds is 11. The molecule has 440 valence electrons. The molecule has 4 N–H and O–H groups in total. The molecule has 0 bridgehead atoms. The predicted molar refractivity (Wildman–Crippen MR) is 307 cm³/mol. The van der Waals surface area contributed by atoms with Crippen molar-refractivity contribution in [3.63, 3.8) is 0 Å². The predicted octanol–water partition coefficient (Wildman–Crippen LogP) is 10.4. The number of methoxy groups -OCH3 is 2. The molecule has 0 amide bonds. The van der Waals surface area contributed by atoms with Crippen molar-refractivity contribution in [2.45, 2.75) is 116 Å². The third-order valence-electron chi connectivity index (χ3n) is 13.9. The van der Waals surface area contributed by atoms with Crippen molar-refractivity contribution in [1.82, 2.24) is 0 Å². The monoisotopic (exact) mass is 1140 g/mol. The number of carbonyl (C=O) groups is 4. The lowest BCUT2D eigenvalue weighted by Gasteiger charge is -2.25. The van der Waals surface area contributed by atoms with Gasteiger partial charge in [-0.3, -0.25) is 0 Å². The summed E-state index contributed by atoms with van der Waals surface area (Å²) in [4.78, 5) is 52.4. The zero-order valence-electron chi connectivity index (χ0n) is 47.6. The molecule has 0 saturated carbocycles. The lowest BCUT2D eigenvalue weighted by Crippen LogP contribution is -2.39. The van der Waals surface area contributed by atoms with Crippen LogP contribution in [0.3, 0.4) is 0 Å². The lowest BCUT2D eigenvalue weighted by atomic mass is 9.98. The minimum Gasteiger partial charge on any atom is -0.508 e. The molecule has 3 aliphatic heterocycles. The van der Waals surface area contributed by atoms with E-state index in [-0.39, 0.29) is 59.8 Å². The van der Waals surface area contributed by atoms with Gasteiger partial charge in [0.2, 0.25) is 0 Å². The smallest absolute Gasteiger partial charge is 0.342 e. The van der Waals surface area contributed by atoms with Gasteiger partial charge in [0.15, 0.2) is 12.6 Å². The highest BCUT2D eigenvalue weighted by Crippen LogP contribution is 2.37. The van der Waals surface area contributed by atoms with Crippen LogP contribution in [0.2, 0.25) is 0 Å². The summed E-state index contributed by atoms with van der Waals surface area (Å²) < 4.78 is 58.2. The summed E-state index contributed by atoms with van der Waals surface area (Å²) in [6, 6.07) is 30.4. The third-order valence-corrected chi connectivity index (χ3v) is 13.9. The van der Waals surface area contributed by atoms with Crippen LogP contribution in [0.4, 0.5) is 0 Å². The number of hydrogen-bond acceptors (Lipinski definition) is 18. The van der Waals surface area contributed by atoms with Crippen molar-refractivity contribution in [1.29, 1.82) is 0 Å². The van der Waals surface area contributed by atoms with E-state index in [2.05, 4.69) is 0 Å². The number of fused-ring (bicyclic) bond motifs is 3. The molecule has 8 rings (SSSR count). The summed E-state index contributed by atoms with van der Waals surface area (Å²) >= 11 is 0. The second-order valence-electron chi connectivity index (χ2n) is 20.7. The van der Waals surface area contributed by atoms with E-state index in [0.29, 0.717) is 28.9 Å². The number of phenolic OH excluding ortho intramolecular Hbond substituents is 2. The van der Waals surface area contributed by atoms with E-state index in [0.717, 1.165) is 17.4 Å². The van der Waals surface area contributed by atoms with Crippen LogP contribution in [0.5, 0.6) is 28.7 Å². The molecular weight excluding hydrogens is 1070 g/mol. The van der Waals surface area contributed by atoms with Crippen LogP contribution in [0, 0.1) is 11.8 Å². The molecule has 0 aliphatic carbocycles. The van der Waals surface area contributed by atoms with Gasteiger partial charge in [0.05, 0.1) is 30.4 Å². The highest BCUT2D eigenvalue weighted by molar-refractivity contribution is 5.98. The Morgan fingerprint density at radius 2 is 1.18 bits per heavy atom. The van der Waals surface area contributed by atoms with E-state index in [9.17, 15) is 39.6 Å². The van der Waals surface area contributed by atoms with Crippen molar-refractivity contribution in [2.75, 3.05) is 21.0 Å². The largest absolute Gasteiger partial charge is 0.508 e. The maximum Gasteiger partial charge on any atom is 0.342 e. The first-order chi connectivity index (χ1) is 39.7. The van der Waals surface area contributed by atoms with Crippen LogP contribution in [-0.2, 0) is 39.8 Å². The molecule has 5 aromatic carbocycles. The number of ether oxygens (including phenoxy) is 10. The second kappa shape index (κ2) is 29.1. The molecule has 1 fully saturated rings. The number of cyclic esters (lactones) is 2. The number of benzene rings is 5. The number of phenols is 2. The zero-order chi connectivity index (χ0) is 59.8. The quantitative estimate of drug-likeness (QED) is 0.0416. The summed E-state index contributed by atoms with van der Waals surface area (Å²) in [7, 11) is 3.12. The minimum atomic E-state index is -1.45. The average molecular weight is 1140 g/mol. The van der Waals surface area contributed by atoms with Crippen LogP contribution < -0.4 is 14.2 Å². The van der Waals surface area contributed by atoms with E-state index >= 15 is 0 Å². The van der Waals surface area contributed by atoms with Crippen LogP contribution in [0.25, 0.3) is 12.2 Å². The Hall–Kier alpha value is -8.26. The molecule has 0 aromatic heterocycles. The molecule has 18 nitrogen and oxygen atoms in total. The van der Waals surface area contributed by atoms with Crippen molar-refractivity contribution in [3.8, 4) is 28.7 Å². The molecule has 83 heavy (non-hydrogen) atoms. The van der Waals surface area contributed by atoms with E-state index in [4.69, 9.17) is 47.4 Å². The zero-order valence-corrected chi connectivity index (χ0v) is 47.6. The molecule has 18 heteroatoms. The molecule has 5 aromatic rings. The van der Waals surface area contributed by atoms with E-state index in [1.165, 1.54) is 31.4 Å². The molecule has 1 saturated heterocycles. The Morgan fingerprint density at radius 3 is 1.77 bits per heavy atom. The van der Waals surface area contributed by atoms with Crippen LogP contribution in [0.1, 0.15) is 113 Å². The number of aliphatic hydroxyl groups excluding tert-OH is 2. The topological polar surface area (TPSA) is 241 Å². The Morgan fingerprint density at radius 1 is 0.627 bits per heavy atom. The molecule has 3 aliphatic rings. The van der Waals surface area contributed by atoms with Crippen molar-refractivity contribution in [3.05, 3.63) is 185 Å². The molecule has 3 heterocycles. The summed E-state index contributed by atoms with van der Waals surface area (Å²) in [5.41, 5.74) is 2.47. The van der Waals surface area contributed by atoms with E-state index < -0.39 is 84.2 Å². The fourth-order valence-corrected chi connectivity index (χ4v) is 9.02. The molecule has 0 radical (unpaired) electrons. The fourth-order valence-electron chi connectivity index (χ4n) is 9.02. The standard InChI is InChI=1S/C39H44O10.C26H28O8/c1-25-15-20-32(47-37(40)28-11-8-7-9-12-28)36-33(48-39(3,4)49-36)14-10-13-29-21-31(44-23-27-16-18-30(43-6)19-17-27)22-34(45-24-42-5)35(29)38(41)46-26(25)2;1-15-11-12-22(34-25(31)17-7-4-3-5-8-17)24(30)20(28)10-6-9-18-13-19(27)14-21(29)23(18)26(32)33-16(15)2/h7-13,15-22,25-26,32-33,36H,14,23-24H2,1-6H3;3-9,11-16,20,22,24,27-30H,10H2,1-2H3/b13-10+,20-15-;9-6+,12-11-/t25-,26+,32?,33+,36?;15-,16+,20+,22?,24?/m11/s1. The summed E-state index contributed by atoms with van der Waals surface area (Å²) in [5, 5.41) is 41.4. The van der Waals surface area contributed by atoms with Crippen LogP contribution in [0.15, 0.2) is 146 Å². The maximum atomic E-state index is 13.8. The van der Waals surface area contributed by atoms with Crippen molar-refractivity contribution >= 4 is 36.0 Å². The average Bonchev–Trinajstić information content (AvgIpc) is 4.09. The highest BCUT2D eigenvalue weighted by atomic mass is 16.8. The summed E-state index contributed by atoms with van der Waals surface area (Å²) in [6.45, 7) is 11.0. The summed E-state index contributed by atoms with van der Waals surface area (Å²) in [6.07, 6.45) is 6.66. The molecule has 0 spiro atoms. The van der Waals surface area contributed by atoms with Gasteiger partial charge in [-0.1, -0.05) is 98.8 Å². The molecule has 10 atom stereocenters. The Kier molecular flexibility index (Phi) is 21.9. The van der Waals surface area contributed by atoms with Crippen molar-refractivity contribution in [2.24, 2.45) is 11.8 Å². The van der Waals surface area contributed by atoms with Crippen LogP contribution >= 0.6 is 0 Å². The van der Waals surface area contributed by atoms with Gasteiger partial charge >= 0.3 is 23.9 Å². The minimum absolute atomic E-state index is 0.0642. The number of esters is 4. The van der Waals surface area contributed by atoms with Crippen LogP contribution in [-0.4, -0.2) is 120 Å². The SMILES string of the molecule is COCOc1cc(OCc2ccc(OC)cc2)cc2c1C(=O)O[C@@H](C)[C@H](C)/C=C\C(OC(=O)c1ccccc1)C1OC(C)(C)O[C@H]1C/C=C/2.C[C@@H]1/C=C\C(OC(=O)c2ccccc2)C(O)[C@@H](O)C/C=C/c2cc(O)cc(O)c2C(=O)O[C@H]1C. The van der Waals surface area contributed by atoms with Gasteiger partial charge in [-0.05, 0) is 118 Å². The highest BCUT2D eigenvalue weighted by Gasteiger charge is 2.46. The number of aromatic hydroxyl groups is 2. The van der Waals surface area contributed by atoms with Gasteiger partial charge in [0, 0.05) is 31.1 Å². The Balaban J connectivity index is 0.000000255. The van der Waals surface area contributed by atoms with Gasteiger partial charge in [0.25, 0.3) is 0 Å². The van der Waals surface area contributed by atoms with Gasteiger partial charge in [-0.15, -0.1) is 0 Å². The number of hydrogen-bond donors (Lipinski definition) is 4. The lowest BCUT2D eigenvalue weighted by molar-refractivity contribution is -0.152. The Bertz CT molecular complexity index is 3110. The van der Waals surface area contributed by atoms with Gasteiger partial charge in [0.1, 0.15) is 83.1 Å². The first-order valence-electron chi connectivity index (χ1n) is 27.2. The van der Waals surface area contributed by atoms with E-state index in [1.54, 1.807) is 99.8 Å². The van der Waals surface area contributed by atoms with E-state index in [1.807, 2.05) is 76.3 Å². The Labute approximate surface area is 483 Å². The number of carbonyl (C=O) groups excluding carboxylic acids is 4. The summed E-state index contributed by atoms with van der Waals surface area (Å²) in [5.74, 6) is -3.26. The maximum absolute atomic E-state index is 13.8. The molecular formula is C65H72O18. The van der Waals surface area contributed by atoms with Crippen molar-refractivity contribution < 1.29 is 87.0 Å². The van der Waals surface area contributed by atoms with Gasteiger partial charge in [-0.25, -0.2) is 19.2 Å². The molecule has 4 unspecified atom stereocenters. The van der Waals surface area contributed by atoms with Gasteiger partial charge in [-0.2, -0.15) is 0 Å².